The smallest absolute Gasteiger partial charge is 0.303 e. The van der Waals surface area contributed by atoms with Crippen molar-refractivity contribution in [1.29, 1.82) is 0 Å². The van der Waals surface area contributed by atoms with Gasteiger partial charge >= 0.3 is 5.97 Å². The highest BCUT2D eigenvalue weighted by Gasteiger charge is 2.11. The van der Waals surface area contributed by atoms with Gasteiger partial charge in [-0.05, 0) is 36.5 Å². The lowest BCUT2D eigenvalue weighted by Gasteiger charge is -2.14. The van der Waals surface area contributed by atoms with Gasteiger partial charge in [0.2, 0.25) is 0 Å². The maximum absolute atomic E-state index is 10.5. The summed E-state index contributed by atoms with van der Waals surface area (Å²) < 4.78 is 10.6. The van der Waals surface area contributed by atoms with E-state index in [2.05, 4.69) is 6.92 Å². The molecule has 1 rings (SSSR count). The molecule has 0 aliphatic rings. The fraction of sp³-hybridized carbons (Fsp3) is 0.500. The molecule has 0 unspecified atom stereocenters. The number of benzene rings is 1. The summed E-state index contributed by atoms with van der Waals surface area (Å²) in [6.45, 7) is 2.06. The summed E-state index contributed by atoms with van der Waals surface area (Å²) in [7, 11) is 3.25. The molecule has 0 aromatic heterocycles. The Kier molecular flexibility index (Phi) is 5.49. The quantitative estimate of drug-likeness (QED) is 0.810. The molecule has 1 N–H and O–H groups in total. The van der Waals surface area contributed by atoms with E-state index in [1.54, 1.807) is 14.2 Å². The minimum Gasteiger partial charge on any atom is -0.497 e. The predicted octanol–water partition coefficient (Wildman–Crippen LogP) is 2.67. The Hall–Kier alpha value is -1.71. The number of aliphatic carboxylic acids is 1. The van der Waals surface area contributed by atoms with E-state index in [4.69, 9.17) is 14.6 Å². The largest absolute Gasteiger partial charge is 0.497 e. The number of hydrogen-bond donors (Lipinski definition) is 1. The zero-order chi connectivity index (χ0) is 13.5. The molecule has 0 fully saturated rings. The van der Waals surface area contributed by atoms with Crippen molar-refractivity contribution in [2.24, 2.45) is 0 Å². The van der Waals surface area contributed by atoms with Crippen LogP contribution in [0, 0.1) is 0 Å². The van der Waals surface area contributed by atoms with Gasteiger partial charge in [0, 0.05) is 12.5 Å². The molecule has 0 saturated heterocycles. The zero-order valence-electron chi connectivity index (χ0n) is 11.2. The maximum Gasteiger partial charge on any atom is 0.303 e. The van der Waals surface area contributed by atoms with Crippen LogP contribution >= 0.6 is 0 Å². The molecule has 0 atom stereocenters. The van der Waals surface area contributed by atoms with Crippen molar-refractivity contribution in [3.63, 3.8) is 0 Å². The van der Waals surface area contributed by atoms with Crippen molar-refractivity contribution in [1.82, 2.24) is 0 Å². The molecule has 100 valence electrons. The van der Waals surface area contributed by atoms with Gasteiger partial charge in [-0.25, -0.2) is 0 Å². The molecule has 1 aromatic rings. The first kappa shape index (κ1) is 14.4. The van der Waals surface area contributed by atoms with Gasteiger partial charge in [-0.15, -0.1) is 0 Å². The molecule has 0 saturated carbocycles. The van der Waals surface area contributed by atoms with Gasteiger partial charge in [-0.2, -0.15) is 0 Å². The minimum absolute atomic E-state index is 0.183. The van der Waals surface area contributed by atoms with Gasteiger partial charge in [-0.3, -0.25) is 4.79 Å². The van der Waals surface area contributed by atoms with Gasteiger partial charge < -0.3 is 14.6 Å². The van der Waals surface area contributed by atoms with E-state index in [9.17, 15) is 4.79 Å². The standard InChI is InChI=1S/C14H20O4/c1-4-12-10(6-5-7-14(15)16)8-11(17-2)9-13(12)18-3/h8-9H,4-7H2,1-3H3,(H,15,16). The Morgan fingerprint density at radius 3 is 2.50 bits per heavy atom. The number of methoxy groups -OCH3 is 2. The molecule has 0 heterocycles. The van der Waals surface area contributed by atoms with Crippen LogP contribution in [-0.2, 0) is 17.6 Å². The van der Waals surface area contributed by atoms with Gasteiger partial charge in [-0.1, -0.05) is 6.92 Å². The van der Waals surface area contributed by atoms with Crippen LogP contribution in [0.5, 0.6) is 11.5 Å². The average molecular weight is 252 g/mol. The summed E-state index contributed by atoms with van der Waals surface area (Å²) >= 11 is 0. The van der Waals surface area contributed by atoms with E-state index in [0.717, 1.165) is 35.5 Å². The second-order valence-electron chi connectivity index (χ2n) is 4.07. The molecule has 0 aliphatic carbocycles. The molecule has 1 aromatic carbocycles. The number of ether oxygens (including phenoxy) is 2. The molecule has 0 radical (unpaired) electrons. The third kappa shape index (κ3) is 3.65. The van der Waals surface area contributed by atoms with Crippen molar-refractivity contribution >= 4 is 5.97 Å². The van der Waals surface area contributed by atoms with Crippen LogP contribution in [0.4, 0.5) is 0 Å². The molecule has 0 amide bonds. The molecule has 0 spiro atoms. The van der Waals surface area contributed by atoms with Crippen LogP contribution in [0.25, 0.3) is 0 Å². The number of aryl methyl sites for hydroxylation is 1. The monoisotopic (exact) mass is 252 g/mol. The van der Waals surface area contributed by atoms with Gasteiger partial charge in [0.25, 0.3) is 0 Å². The second-order valence-corrected chi connectivity index (χ2v) is 4.07. The highest BCUT2D eigenvalue weighted by atomic mass is 16.5. The summed E-state index contributed by atoms with van der Waals surface area (Å²) in [5.41, 5.74) is 2.23. The number of carboxylic acid groups (broad SMARTS) is 1. The van der Waals surface area contributed by atoms with E-state index >= 15 is 0 Å². The topological polar surface area (TPSA) is 55.8 Å². The Labute approximate surface area is 108 Å². The van der Waals surface area contributed by atoms with Gasteiger partial charge in [0.05, 0.1) is 14.2 Å². The highest BCUT2D eigenvalue weighted by molar-refractivity contribution is 5.66. The lowest BCUT2D eigenvalue weighted by atomic mass is 9.98. The normalized spacial score (nSPS) is 10.2. The molecule has 4 heteroatoms. The first-order valence-electron chi connectivity index (χ1n) is 6.07. The first-order valence-corrected chi connectivity index (χ1v) is 6.07. The van der Waals surface area contributed by atoms with Crippen molar-refractivity contribution < 1.29 is 19.4 Å². The number of hydrogen-bond acceptors (Lipinski definition) is 3. The third-order valence-electron chi connectivity index (χ3n) is 2.92. The van der Waals surface area contributed by atoms with E-state index in [1.165, 1.54) is 0 Å². The molecular weight excluding hydrogens is 232 g/mol. The molecule has 4 nitrogen and oxygen atoms in total. The van der Waals surface area contributed by atoms with Crippen LogP contribution < -0.4 is 9.47 Å². The molecule has 0 bridgehead atoms. The third-order valence-corrected chi connectivity index (χ3v) is 2.92. The lowest BCUT2D eigenvalue weighted by Crippen LogP contribution is -2.01. The maximum atomic E-state index is 10.5. The van der Waals surface area contributed by atoms with Crippen molar-refractivity contribution in [3.8, 4) is 11.5 Å². The van der Waals surface area contributed by atoms with Crippen molar-refractivity contribution in [2.45, 2.75) is 32.6 Å². The summed E-state index contributed by atoms with van der Waals surface area (Å²) in [4.78, 5) is 10.5. The van der Waals surface area contributed by atoms with Crippen LogP contribution in [-0.4, -0.2) is 25.3 Å². The second kappa shape index (κ2) is 6.89. The molecule has 18 heavy (non-hydrogen) atoms. The lowest BCUT2D eigenvalue weighted by molar-refractivity contribution is -0.137. The SMILES string of the molecule is CCc1c(CCCC(=O)O)cc(OC)cc1OC. The number of rotatable bonds is 7. The Bertz CT molecular complexity index is 413. The summed E-state index contributed by atoms with van der Waals surface area (Å²) in [5.74, 6) is 0.791. The van der Waals surface area contributed by atoms with Crippen LogP contribution in [0.15, 0.2) is 12.1 Å². The first-order chi connectivity index (χ1) is 8.62. The van der Waals surface area contributed by atoms with Crippen LogP contribution in [0.3, 0.4) is 0 Å². The number of carboxylic acids is 1. The molecule has 0 aliphatic heterocycles. The van der Waals surface area contributed by atoms with E-state index in [1.807, 2.05) is 12.1 Å². The summed E-state index contributed by atoms with van der Waals surface area (Å²) in [6, 6.07) is 3.82. The van der Waals surface area contributed by atoms with Crippen molar-refractivity contribution in [3.05, 3.63) is 23.3 Å². The minimum atomic E-state index is -0.761. The fourth-order valence-corrected chi connectivity index (χ4v) is 2.03. The average Bonchev–Trinajstić information content (AvgIpc) is 2.37. The van der Waals surface area contributed by atoms with Gasteiger partial charge in [0.15, 0.2) is 0 Å². The zero-order valence-corrected chi connectivity index (χ0v) is 11.2. The Morgan fingerprint density at radius 2 is 2.00 bits per heavy atom. The van der Waals surface area contributed by atoms with E-state index < -0.39 is 5.97 Å². The summed E-state index contributed by atoms with van der Waals surface area (Å²) in [5, 5.41) is 8.67. The van der Waals surface area contributed by atoms with Crippen LogP contribution in [0.2, 0.25) is 0 Å². The van der Waals surface area contributed by atoms with Gasteiger partial charge in [0.1, 0.15) is 11.5 Å². The van der Waals surface area contributed by atoms with Crippen molar-refractivity contribution in [2.75, 3.05) is 14.2 Å². The predicted molar refractivity (Wildman–Crippen MR) is 69.5 cm³/mol. The van der Waals surface area contributed by atoms with E-state index in [-0.39, 0.29) is 6.42 Å². The Balaban J connectivity index is 2.95. The molecular formula is C14H20O4. The van der Waals surface area contributed by atoms with Crippen LogP contribution in [0.1, 0.15) is 30.9 Å². The highest BCUT2D eigenvalue weighted by Crippen LogP contribution is 2.30. The summed E-state index contributed by atoms with van der Waals surface area (Å²) in [6.07, 6.45) is 2.39. The van der Waals surface area contributed by atoms with E-state index in [0.29, 0.717) is 6.42 Å². The fourth-order valence-electron chi connectivity index (χ4n) is 2.03. The Morgan fingerprint density at radius 1 is 1.28 bits per heavy atom. The number of carbonyl (C=O) groups is 1.